The summed E-state index contributed by atoms with van der Waals surface area (Å²) in [5.41, 5.74) is 2.45. The molecule has 0 saturated carbocycles. The smallest absolute Gasteiger partial charge is 0.129 e. The second-order valence-electron chi connectivity index (χ2n) is 5.24. The van der Waals surface area contributed by atoms with Crippen molar-refractivity contribution in [3.8, 4) is 0 Å². The SMILES string of the molecule is CCCc1cccc(C(Cc2c(F)cccc2F)NC)c1. The van der Waals surface area contributed by atoms with E-state index in [1.165, 1.54) is 23.8 Å². The van der Waals surface area contributed by atoms with E-state index >= 15 is 0 Å². The molecule has 0 heterocycles. The third-order valence-electron chi connectivity index (χ3n) is 3.71. The molecule has 0 bridgehead atoms. The maximum Gasteiger partial charge on any atom is 0.129 e. The van der Waals surface area contributed by atoms with Crippen molar-refractivity contribution >= 4 is 0 Å². The van der Waals surface area contributed by atoms with Gasteiger partial charge in [0.2, 0.25) is 0 Å². The van der Waals surface area contributed by atoms with Crippen molar-refractivity contribution in [2.45, 2.75) is 32.2 Å². The molecule has 1 atom stereocenters. The van der Waals surface area contributed by atoms with Crippen LogP contribution in [0.25, 0.3) is 0 Å². The standard InChI is InChI=1S/C18H21F2N/c1-3-6-13-7-4-8-14(11-13)18(21-2)12-15-16(19)9-5-10-17(15)20/h4-5,7-11,18,21H,3,6,12H2,1-2H3. The number of benzene rings is 2. The van der Waals surface area contributed by atoms with Gasteiger partial charge in [0.05, 0.1) is 0 Å². The minimum absolute atomic E-state index is 0.104. The van der Waals surface area contributed by atoms with Crippen LogP contribution >= 0.6 is 0 Å². The van der Waals surface area contributed by atoms with Crippen molar-refractivity contribution in [2.24, 2.45) is 0 Å². The summed E-state index contributed by atoms with van der Waals surface area (Å²) in [6.07, 6.45) is 2.39. The van der Waals surface area contributed by atoms with E-state index in [9.17, 15) is 8.78 Å². The Morgan fingerprint density at radius 1 is 1.05 bits per heavy atom. The highest BCUT2D eigenvalue weighted by molar-refractivity contribution is 5.29. The van der Waals surface area contributed by atoms with Crippen LogP contribution in [-0.4, -0.2) is 7.05 Å². The van der Waals surface area contributed by atoms with Gasteiger partial charge in [0.1, 0.15) is 11.6 Å². The first-order valence-corrected chi connectivity index (χ1v) is 7.34. The molecule has 0 aliphatic rings. The zero-order valence-electron chi connectivity index (χ0n) is 12.5. The summed E-state index contributed by atoms with van der Waals surface area (Å²) in [4.78, 5) is 0. The van der Waals surface area contributed by atoms with Gasteiger partial charge in [-0.1, -0.05) is 43.7 Å². The summed E-state index contributed by atoms with van der Waals surface area (Å²) in [6, 6.07) is 12.1. The van der Waals surface area contributed by atoms with Crippen LogP contribution in [0, 0.1) is 11.6 Å². The summed E-state index contributed by atoms with van der Waals surface area (Å²) >= 11 is 0. The van der Waals surface area contributed by atoms with Crippen molar-refractivity contribution in [1.82, 2.24) is 5.32 Å². The summed E-state index contributed by atoms with van der Waals surface area (Å²) in [7, 11) is 1.82. The van der Waals surface area contributed by atoms with Gasteiger partial charge in [-0.3, -0.25) is 0 Å². The Morgan fingerprint density at radius 3 is 2.33 bits per heavy atom. The maximum absolute atomic E-state index is 13.8. The molecule has 0 spiro atoms. The molecular weight excluding hydrogens is 268 g/mol. The van der Waals surface area contributed by atoms with Crippen LogP contribution in [0.2, 0.25) is 0 Å². The van der Waals surface area contributed by atoms with Gasteiger partial charge in [-0.25, -0.2) is 8.78 Å². The molecule has 2 aromatic rings. The first kappa shape index (κ1) is 15.6. The Hall–Kier alpha value is -1.74. The van der Waals surface area contributed by atoms with Gasteiger partial charge < -0.3 is 5.32 Å². The van der Waals surface area contributed by atoms with Crippen LogP contribution < -0.4 is 5.32 Å². The van der Waals surface area contributed by atoms with Gasteiger partial charge >= 0.3 is 0 Å². The first-order valence-electron chi connectivity index (χ1n) is 7.34. The number of nitrogens with one attached hydrogen (secondary N) is 1. The largest absolute Gasteiger partial charge is 0.313 e. The Kier molecular flexibility index (Phi) is 5.45. The highest BCUT2D eigenvalue weighted by Crippen LogP contribution is 2.23. The van der Waals surface area contributed by atoms with Crippen molar-refractivity contribution in [1.29, 1.82) is 0 Å². The topological polar surface area (TPSA) is 12.0 Å². The third kappa shape index (κ3) is 3.88. The molecule has 21 heavy (non-hydrogen) atoms. The monoisotopic (exact) mass is 289 g/mol. The summed E-state index contributed by atoms with van der Waals surface area (Å²) < 4.78 is 27.6. The minimum atomic E-state index is -0.486. The molecule has 0 fully saturated rings. The molecule has 0 radical (unpaired) electrons. The van der Waals surface area contributed by atoms with E-state index in [-0.39, 0.29) is 11.6 Å². The third-order valence-corrected chi connectivity index (χ3v) is 3.71. The molecule has 1 unspecified atom stereocenters. The van der Waals surface area contributed by atoms with Crippen LogP contribution in [0.1, 0.15) is 36.1 Å². The number of halogens is 2. The number of hydrogen-bond acceptors (Lipinski definition) is 1. The lowest BCUT2D eigenvalue weighted by Gasteiger charge is -2.18. The lowest BCUT2D eigenvalue weighted by atomic mass is 9.96. The van der Waals surface area contributed by atoms with E-state index in [0.29, 0.717) is 6.42 Å². The van der Waals surface area contributed by atoms with Gasteiger partial charge in [0, 0.05) is 11.6 Å². The Labute approximate surface area is 125 Å². The van der Waals surface area contributed by atoms with Crippen molar-refractivity contribution in [2.75, 3.05) is 7.05 Å². The summed E-state index contributed by atoms with van der Waals surface area (Å²) in [6.45, 7) is 2.14. The van der Waals surface area contributed by atoms with Gasteiger partial charge in [0.25, 0.3) is 0 Å². The Bertz CT molecular complexity index is 575. The molecule has 3 heteroatoms. The predicted octanol–water partition coefficient (Wildman–Crippen LogP) is 4.42. The minimum Gasteiger partial charge on any atom is -0.313 e. The van der Waals surface area contributed by atoms with Crippen LogP contribution in [0.15, 0.2) is 42.5 Å². The quantitative estimate of drug-likeness (QED) is 0.830. The fourth-order valence-corrected chi connectivity index (χ4v) is 2.57. The first-order chi connectivity index (χ1) is 10.2. The van der Waals surface area contributed by atoms with Crippen molar-refractivity contribution in [3.63, 3.8) is 0 Å². The van der Waals surface area contributed by atoms with E-state index in [4.69, 9.17) is 0 Å². The molecule has 0 aliphatic heterocycles. The molecule has 1 nitrogen and oxygen atoms in total. The Balaban J connectivity index is 2.26. The van der Waals surface area contributed by atoms with Crippen molar-refractivity contribution in [3.05, 3.63) is 70.8 Å². The van der Waals surface area contributed by atoms with Crippen LogP contribution in [0.4, 0.5) is 8.78 Å². The van der Waals surface area contributed by atoms with Crippen LogP contribution in [-0.2, 0) is 12.8 Å². The molecule has 0 aromatic heterocycles. The number of likely N-dealkylation sites (N-methyl/N-ethyl adjacent to an activating group) is 1. The summed E-state index contributed by atoms with van der Waals surface area (Å²) in [5, 5.41) is 3.16. The lowest BCUT2D eigenvalue weighted by Crippen LogP contribution is -2.20. The fourth-order valence-electron chi connectivity index (χ4n) is 2.57. The van der Waals surface area contributed by atoms with Crippen LogP contribution in [0.5, 0.6) is 0 Å². The zero-order chi connectivity index (χ0) is 15.2. The molecule has 0 amide bonds. The molecule has 0 aliphatic carbocycles. The van der Waals surface area contributed by atoms with E-state index in [2.05, 4.69) is 24.4 Å². The van der Waals surface area contributed by atoms with Crippen molar-refractivity contribution < 1.29 is 8.78 Å². The lowest BCUT2D eigenvalue weighted by molar-refractivity contribution is 0.515. The van der Waals surface area contributed by atoms with Gasteiger partial charge in [-0.2, -0.15) is 0 Å². The summed E-state index contributed by atoms with van der Waals surface area (Å²) in [5.74, 6) is -0.972. The molecular formula is C18H21F2N. The van der Waals surface area contributed by atoms with Gasteiger partial charge in [-0.05, 0) is 43.1 Å². The van der Waals surface area contributed by atoms with E-state index < -0.39 is 11.6 Å². The number of aryl methyl sites for hydroxylation is 1. The predicted molar refractivity (Wildman–Crippen MR) is 82.3 cm³/mol. The number of hydrogen-bond donors (Lipinski definition) is 1. The van der Waals surface area contributed by atoms with Gasteiger partial charge in [-0.15, -0.1) is 0 Å². The maximum atomic E-state index is 13.8. The van der Waals surface area contributed by atoms with E-state index in [1.807, 2.05) is 19.2 Å². The number of rotatable bonds is 6. The molecule has 2 aromatic carbocycles. The van der Waals surface area contributed by atoms with Crippen LogP contribution in [0.3, 0.4) is 0 Å². The normalized spacial score (nSPS) is 12.4. The molecule has 112 valence electrons. The second kappa shape index (κ2) is 7.32. The molecule has 0 saturated heterocycles. The average Bonchev–Trinajstić information content (AvgIpc) is 2.48. The molecule has 2 rings (SSSR count). The zero-order valence-corrected chi connectivity index (χ0v) is 12.5. The fraction of sp³-hybridized carbons (Fsp3) is 0.333. The highest BCUT2D eigenvalue weighted by Gasteiger charge is 2.16. The Morgan fingerprint density at radius 2 is 1.71 bits per heavy atom. The highest BCUT2D eigenvalue weighted by atomic mass is 19.1. The van der Waals surface area contributed by atoms with E-state index in [0.717, 1.165) is 18.4 Å². The second-order valence-corrected chi connectivity index (χ2v) is 5.24. The molecule has 1 N–H and O–H groups in total. The van der Waals surface area contributed by atoms with E-state index in [1.54, 1.807) is 0 Å². The van der Waals surface area contributed by atoms with Gasteiger partial charge in [0.15, 0.2) is 0 Å². The average molecular weight is 289 g/mol.